The van der Waals surface area contributed by atoms with Gasteiger partial charge in [0.15, 0.2) is 6.10 Å². The van der Waals surface area contributed by atoms with Crippen LogP contribution in [0.1, 0.15) is 30.1 Å². The molecule has 7 nitrogen and oxygen atoms in total. The van der Waals surface area contributed by atoms with Crippen LogP contribution in [0.15, 0.2) is 4.79 Å². The molecule has 2 heterocycles. The topological polar surface area (TPSA) is 115 Å². The number of hydrogen-bond acceptors (Lipinski definition) is 7. The highest BCUT2D eigenvalue weighted by atomic mass is 32.2. The van der Waals surface area contributed by atoms with E-state index in [9.17, 15) is 14.4 Å². The number of hydrogen-bond donors (Lipinski definition) is 2. The lowest BCUT2D eigenvalue weighted by molar-refractivity contribution is -0.152. The van der Waals surface area contributed by atoms with E-state index in [4.69, 9.17) is 10.5 Å². The van der Waals surface area contributed by atoms with E-state index in [0.29, 0.717) is 21.8 Å². The molecule has 0 aliphatic heterocycles. The Bertz CT molecular complexity index is 843. The summed E-state index contributed by atoms with van der Waals surface area (Å²) in [6.45, 7) is 6.94. The van der Waals surface area contributed by atoms with Crippen LogP contribution in [0.3, 0.4) is 0 Å². The molecule has 3 N–H and O–H groups in total. The Kier molecular flexibility index (Phi) is 5.66. The molecule has 2 atom stereocenters. The molecular formula is C15H19N3O4S2. The van der Waals surface area contributed by atoms with Crippen LogP contribution in [0.4, 0.5) is 0 Å². The van der Waals surface area contributed by atoms with Crippen molar-refractivity contribution in [2.45, 2.75) is 44.8 Å². The molecule has 130 valence electrons. The molecule has 2 aromatic rings. The van der Waals surface area contributed by atoms with Gasteiger partial charge in [-0.2, -0.15) is 0 Å². The third kappa shape index (κ3) is 3.96. The van der Waals surface area contributed by atoms with Gasteiger partial charge in [0.2, 0.25) is 0 Å². The van der Waals surface area contributed by atoms with Gasteiger partial charge >= 0.3 is 5.97 Å². The molecule has 1 amide bonds. The van der Waals surface area contributed by atoms with Crippen LogP contribution in [0.25, 0.3) is 10.2 Å². The van der Waals surface area contributed by atoms with E-state index in [1.165, 1.54) is 30.0 Å². The number of nitrogens with one attached hydrogen (secondary N) is 1. The van der Waals surface area contributed by atoms with Crippen LogP contribution >= 0.6 is 23.1 Å². The lowest BCUT2D eigenvalue weighted by atomic mass is 10.2. The molecule has 2 aromatic heterocycles. The maximum absolute atomic E-state index is 12.2. The Morgan fingerprint density at radius 2 is 2.04 bits per heavy atom. The molecule has 0 aromatic carbocycles. The number of thioether (sulfide) groups is 1. The molecule has 0 spiro atoms. The second-order valence-electron chi connectivity index (χ2n) is 5.41. The van der Waals surface area contributed by atoms with Gasteiger partial charge < -0.3 is 15.5 Å². The van der Waals surface area contributed by atoms with Gasteiger partial charge in [-0.1, -0.05) is 0 Å². The van der Waals surface area contributed by atoms with Crippen LogP contribution in [0, 0.1) is 13.8 Å². The smallest absolute Gasteiger partial charge is 0.319 e. The highest BCUT2D eigenvalue weighted by Crippen LogP contribution is 2.26. The number of amides is 1. The monoisotopic (exact) mass is 369 g/mol. The number of aromatic amines is 1. The van der Waals surface area contributed by atoms with Crippen molar-refractivity contribution in [3.8, 4) is 0 Å². The molecule has 0 bridgehead atoms. The lowest BCUT2D eigenvalue weighted by Crippen LogP contribution is -2.33. The first-order valence-corrected chi connectivity index (χ1v) is 9.17. The maximum atomic E-state index is 12.2. The number of nitrogens with zero attached hydrogens (tertiary/aromatic N) is 1. The number of primary amides is 1. The van der Waals surface area contributed by atoms with Crippen molar-refractivity contribution < 1.29 is 14.3 Å². The normalized spacial score (nSPS) is 13.7. The van der Waals surface area contributed by atoms with Gasteiger partial charge in [-0.15, -0.1) is 23.1 Å². The maximum Gasteiger partial charge on any atom is 0.319 e. The fraction of sp³-hybridized carbons (Fsp3) is 0.467. The number of H-pyrrole nitrogens is 1. The highest BCUT2D eigenvalue weighted by molar-refractivity contribution is 7.99. The van der Waals surface area contributed by atoms with Crippen molar-refractivity contribution >= 4 is 45.2 Å². The minimum atomic E-state index is -0.966. The van der Waals surface area contributed by atoms with Gasteiger partial charge in [-0.3, -0.25) is 14.4 Å². The van der Waals surface area contributed by atoms with E-state index < -0.39 is 23.2 Å². The van der Waals surface area contributed by atoms with Gasteiger partial charge in [0, 0.05) is 4.88 Å². The predicted molar refractivity (Wildman–Crippen MR) is 95.2 cm³/mol. The number of ether oxygens (including phenoxy) is 1. The minimum Gasteiger partial charge on any atom is -0.452 e. The Morgan fingerprint density at radius 3 is 2.67 bits per heavy atom. The van der Waals surface area contributed by atoms with Crippen molar-refractivity contribution in [2.24, 2.45) is 5.73 Å². The summed E-state index contributed by atoms with van der Waals surface area (Å²) in [6.07, 6.45) is -0.966. The Balaban J connectivity index is 2.06. The van der Waals surface area contributed by atoms with Crippen molar-refractivity contribution in [3.63, 3.8) is 0 Å². The molecule has 24 heavy (non-hydrogen) atoms. The average Bonchev–Trinajstić information content (AvgIpc) is 2.79. The first kappa shape index (κ1) is 18.5. The van der Waals surface area contributed by atoms with Gasteiger partial charge in [0.05, 0.1) is 11.1 Å². The standard InChI is InChI=1S/C15H19N3O4S2/c1-6-8(3)24-14-11(6)13(20)17-10(18-14)5-23-9(4)15(21)22-7(2)12(16)19/h7,9H,5H2,1-4H3,(H2,16,19)(H,17,18,20)/t7-,9+/m0/s1. The van der Waals surface area contributed by atoms with Crippen LogP contribution in [-0.2, 0) is 20.1 Å². The van der Waals surface area contributed by atoms with Crippen LogP contribution in [0.2, 0.25) is 0 Å². The quantitative estimate of drug-likeness (QED) is 0.748. The van der Waals surface area contributed by atoms with Gasteiger partial charge in [0.25, 0.3) is 11.5 Å². The van der Waals surface area contributed by atoms with E-state index in [0.717, 1.165) is 10.4 Å². The fourth-order valence-corrected chi connectivity index (χ4v) is 3.75. The molecule has 0 fully saturated rings. The van der Waals surface area contributed by atoms with Gasteiger partial charge in [-0.05, 0) is 33.3 Å². The molecule has 0 radical (unpaired) electrons. The minimum absolute atomic E-state index is 0.171. The molecule has 0 saturated heterocycles. The van der Waals surface area contributed by atoms with E-state index in [1.54, 1.807) is 6.92 Å². The van der Waals surface area contributed by atoms with Crippen LogP contribution in [-0.4, -0.2) is 33.2 Å². The number of thiophene rings is 1. The summed E-state index contributed by atoms with van der Waals surface area (Å²) in [5.41, 5.74) is 5.84. The van der Waals surface area contributed by atoms with E-state index >= 15 is 0 Å². The first-order valence-electron chi connectivity index (χ1n) is 7.31. The van der Waals surface area contributed by atoms with Gasteiger partial charge in [0.1, 0.15) is 15.9 Å². The highest BCUT2D eigenvalue weighted by Gasteiger charge is 2.21. The first-order chi connectivity index (χ1) is 11.2. The summed E-state index contributed by atoms with van der Waals surface area (Å²) >= 11 is 2.74. The zero-order valence-electron chi connectivity index (χ0n) is 13.8. The van der Waals surface area contributed by atoms with Crippen molar-refractivity contribution in [1.29, 1.82) is 0 Å². The predicted octanol–water partition coefficient (Wildman–Crippen LogP) is 1.64. The Morgan fingerprint density at radius 1 is 1.38 bits per heavy atom. The summed E-state index contributed by atoms with van der Waals surface area (Å²) in [5.74, 6) is -0.373. The lowest BCUT2D eigenvalue weighted by Gasteiger charge is -2.14. The third-order valence-electron chi connectivity index (χ3n) is 3.58. The summed E-state index contributed by atoms with van der Waals surface area (Å²) in [6, 6.07) is 0. The molecule has 0 unspecified atom stereocenters. The van der Waals surface area contributed by atoms with Crippen LogP contribution < -0.4 is 11.3 Å². The second kappa shape index (κ2) is 7.35. The number of carbonyl (C=O) groups is 2. The zero-order chi connectivity index (χ0) is 18.0. The number of aryl methyl sites for hydroxylation is 2. The summed E-state index contributed by atoms with van der Waals surface area (Å²) in [4.78, 5) is 43.9. The van der Waals surface area contributed by atoms with E-state index in [-0.39, 0.29) is 5.56 Å². The fourth-order valence-electron chi connectivity index (χ4n) is 1.97. The molecule has 0 aliphatic carbocycles. The number of nitrogens with two attached hydrogens (primary N) is 1. The summed E-state index contributed by atoms with van der Waals surface area (Å²) in [5, 5.41) is 0.105. The molecule has 0 saturated carbocycles. The average molecular weight is 369 g/mol. The number of rotatable bonds is 6. The van der Waals surface area contributed by atoms with Crippen LogP contribution in [0.5, 0.6) is 0 Å². The third-order valence-corrected chi connectivity index (χ3v) is 5.82. The van der Waals surface area contributed by atoms with Crippen molar-refractivity contribution in [1.82, 2.24) is 9.97 Å². The number of aromatic nitrogens is 2. The van der Waals surface area contributed by atoms with Crippen molar-refractivity contribution in [2.75, 3.05) is 0 Å². The summed E-state index contributed by atoms with van der Waals surface area (Å²) < 4.78 is 4.95. The largest absolute Gasteiger partial charge is 0.452 e. The SMILES string of the molecule is Cc1sc2nc(CS[C@H](C)C(=O)O[C@@H](C)C(N)=O)[nH]c(=O)c2c1C. The second-order valence-corrected chi connectivity index (χ2v) is 7.94. The number of esters is 1. The summed E-state index contributed by atoms with van der Waals surface area (Å²) in [7, 11) is 0. The Labute approximate surface area is 147 Å². The number of carbonyl (C=O) groups excluding carboxylic acids is 2. The molecule has 9 heteroatoms. The van der Waals surface area contributed by atoms with Crippen molar-refractivity contribution in [3.05, 3.63) is 26.6 Å². The number of fused-ring (bicyclic) bond motifs is 1. The zero-order valence-corrected chi connectivity index (χ0v) is 15.5. The molecular weight excluding hydrogens is 350 g/mol. The van der Waals surface area contributed by atoms with E-state index in [2.05, 4.69) is 9.97 Å². The molecule has 0 aliphatic rings. The molecule has 2 rings (SSSR count). The Hall–Kier alpha value is -1.87. The van der Waals surface area contributed by atoms with Gasteiger partial charge in [-0.25, -0.2) is 4.98 Å². The van der Waals surface area contributed by atoms with E-state index in [1.807, 2.05) is 13.8 Å².